The Labute approximate surface area is 150 Å². The Balaban J connectivity index is 1.88. The Morgan fingerprint density at radius 3 is 2.58 bits per heavy atom. The fraction of sp³-hybridized carbons (Fsp3) is 0.158. The molecule has 1 N–H and O–H groups in total. The molecule has 0 saturated heterocycles. The molecule has 0 fully saturated rings. The van der Waals surface area contributed by atoms with Crippen LogP contribution in [0.1, 0.15) is 16.2 Å². The number of carbonyl (C=O) groups excluding carboxylic acids is 1. The molecule has 0 radical (unpaired) electrons. The average Bonchev–Trinajstić information content (AvgIpc) is 3.04. The zero-order chi connectivity index (χ0) is 18.7. The van der Waals surface area contributed by atoms with Crippen LogP contribution in [0, 0.1) is 12.7 Å². The third-order valence-electron chi connectivity index (χ3n) is 3.86. The molecule has 0 aliphatic rings. The van der Waals surface area contributed by atoms with Gasteiger partial charge in [0.25, 0.3) is 5.91 Å². The second kappa shape index (κ2) is 7.26. The smallest absolute Gasteiger partial charge is 0.276 e. The summed E-state index contributed by atoms with van der Waals surface area (Å²) < 4.78 is 25.8. The first-order valence-corrected chi connectivity index (χ1v) is 7.88. The van der Waals surface area contributed by atoms with Crippen molar-refractivity contribution in [3.63, 3.8) is 0 Å². The predicted octanol–water partition coefficient (Wildman–Crippen LogP) is 3.59. The molecule has 0 aliphatic carbocycles. The van der Waals surface area contributed by atoms with Gasteiger partial charge in [0, 0.05) is 11.8 Å². The molecule has 6 nitrogen and oxygen atoms in total. The Kier molecular flexibility index (Phi) is 4.88. The first kappa shape index (κ1) is 17.5. The van der Waals surface area contributed by atoms with E-state index in [0.717, 1.165) is 0 Å². The molecular formula is C19H18FN3O3. The summed E-state index contributed by atoms with van der Waals surface area (Å²) in [5.74, 6) is 0.233. The Morgan fingerprint density at radius 2 is 1.88 bits per heavy atom. The number of nitrogens with one attached hydrogen (secondary N) is 1. The van der Waals surface area contributed by atoms with Crippen molar-refractivity contribution < 1.29 is 18.7 Å². The molecule has 3 aromatic rings. The van der Waals surface area contributed by atoms with Gasteiger partial charge < -0.3 is 14.8 Å². The number of benzene rings is 2. The molecule has 0 spiro atoms. The maximum Gasteiger partial charge on any atom is 0.276 e. The lowest BCUT2D eigenvalue weighted by Gasteiger charge is -2.10. The average molecular weight is 355 g/mol. The molecule has 134 valence electrons. The molecule has 0 saturated carbocycles. The van der Waals surface area contributed by atoms with Crippen LogP contribution in [0.3, 0.4) is 0 Å². The van der Waals surface area contributed by atoms with Crippen molar-refractivity contribution in [3.05, 3.63) is 65.7 Å². The highest BCUT2D eigenvalue weighted by atomic mass is 19.1. The van der Waals surface area contributed by atoms with Gasteiger partial charge >= 0.3 is 0 Å². The van der Waals surface area contributed by atoms with E-state index in [0.29, 0.717) is 22.9 Å². The summed E-state index contributed by atoms with van der Waals surface area (Å²) >= 11 is 0. The number of hydrogen-bond acceptors (Lipinski definition) is 4. The fourth-order valence-electron chi connectivity index (χ4n) is 2.54. The molecule has 7 heteroatoms. The van der Waals surface area contributed by atoms with E-state index in [4.69, 9.17) is 9.47 Å². The molecule has 2 aromatic carbocycles. The number of amides is 1. The summed E-state index contributed by atoms with van der Waals surface area (Å²) in [6.07, 6.45) is 0. The summed E-state index contributed by atoms with van der Waals surface area (Å²) in [4.78, 5) is 12.6. The van der Waals surface area contributed by atoms with E-state index >= 15 is 0 Å². The van der Waals surface area contributed by atoms with Gasteiger partial charge in [0.15, 0.2) is 5.69 Å². The Hall–Kier alpha value is -3.35. The normalized spacial score (nSPS) is 10.5. The van der Waals surface area contributed by atoms with Crippen LogP contribution in [0.2, 0.25) is 0 Å². The van der Waals surface area contributed by atoms with Gasteiger partial charge in [-0.15, -0.1) is 0 Å². The van der Waals surface area contributed by atoms with E-state index < -0.39 is 11.7 Å². The highest BCUT2D eigenvalue weighted by molar-refractivity contribution is 6.03. The molecule has 0 atom stereocenters. The van der Waals surface area contributed by atoms with Crippen molar-refractivity contribution in [2.24, 2.45) is 0 Å². The van der Waals surface area contributed by atoms with Crippen molar-refractivity contribution in [2.75, 3.05) is 19.5 Å². The number of rotatable bonds is 5. The number of aromatic nitrogens is 2. The van der Waals surface area contributed by atoms with Crippen LogP contribution >= 0.6 is 0 Å². The van der Waals surface area contributed by atoms with Gasteiger partial charge in [0.2, 0.25) is 0 Å². The van der Waals surface area contributed by atoms with Crippen LogP contribution in [0.4, 0.5) is 10.1 Å². The monoisotopic (exact) mass is 355 g/mol. The maximum atomic E-state index is 14.0. The van der Waals surface area contributed by atoms with Crippen LogP contribution < -0.4 is 14.8 Å². The van der Waals surface area contributed by atoms with Crippen molar-refractivity contribution in [3.8, 4) is 17.2 Å². The molecule has 1 aromatic heterocycles. The molecule has 26 heavy (non-hydrogen) atoms. The van der Waals surface area contributed by atoms with Gasteiger partial charge in [-0.2, -0.15) is 5.10 Å². The summed E-state index contributed by atoms with van der Waals surface area (Å²) in [6, 6.07) is 12.9. The van der Waals surface area contributed by atoms with Crippen molar-refractivity contribution >= 4 is 11.6 Å². The highest BCUT2D eigenvalue weighted by Gasteiger charge is 2.17. The SMILES string of the molecule is COc1ccc(NC(=O)c2cc(C)n(-c3ccccc3F)n2)c(OC)c1. The zero-order valence-corrected chi connectivity index (χ0v) is 14.6. The van der Waals surface area contributed by atoms with Crippen LogP contribution in [0.25, 0.3) is 5.69 Å². The van der Waals surface area contributed by atoms with Crippen LogP contribution in [-0.2, 0) is 0 Å². The number of nitrogens with zero attached hydrogens (tertiary/aromatic N) is 2. The Morgan fingerprint density at radius 1 is 1.12 bits per heavy atom. The predicted molar refractivity (Wildman–Crippen MR) is 95.8 cm³/mol. The molecular weight excluding hydrogens is 337 g/mol. The zero-order valence-electron chi connectivity index (χ0n) is 14.6. The third kappa shape index (κ3) is 3.37. The lowest BCUT2D eigenvalue weighted by Crippen LogP contribution is -2.14. The minimum atomic E-state index is -0.424. The van der Waals surface area contributed by atoms with E-state index in [2.05, 4.69) is 10.4 Å². The second-order valence-electron chi connectivity index (χ2n) is 5.55. The number of ether oxygens (including phenoxy) is 2. The van der Waals surface area contributed by atoms with E-state index in [-0.39, 0.29) is 11.4 Å². The van der Waals surface area contributed by atoms with Gasteiger partial charge in [0.1, 0.15) is 23.0 Å². The number of carbonyl (C=O) groups is 1. The summed E-state index contributed by atoms with van der Waals surface area (Å²) in [6.45, 7) is 1.75. The molecule has 1 amide bonds. The van der Waals surface area contributed by atoms with E-state index in [1.165, 1.54) is 17.9 Å². The van der Waals surface area contributed by atoms with Crippen molar-refractivity contribution in [1.82, 2.24) is 9.78 Å². The van der Waals surface area contributed by atoms with Gasteiger partial charge in [-0.1, -0.05) is 12.1 Å². The fourth-order valence-corrected chi connectivity index (χ4v) is 2.54. The number of para-hydroxylation sites is 1. The minimum absolute atomic E-state index is 0.170. The maximum absolute atomic E-state index is 14.0. The Bertz CT molecular complexity index is 953. The molecule has 0 unspecified atom stereocenters. The van der Waals surface area contributed by atoms with Crippen LogP contribution in [-0.4, -0.2) is 29.9 Å². The van der Waals surface area contributed by atoms with Crippen molar-refractivity contribution in [2.45, 2.75) is 6.92 Å². The largest absolute Gasteiger partial charge is 0.497 e. The molecule has 1 heterocycles. The minimum Gasteiger partial charge on any atom is -0.497 e. The molecule has 3 rings (SSSR count). The van der Waals surface area contributed by atoms with Gasteiger partial charge in [-0.25, -0.2) is 9.07 Å². The highest BCUT2D eigenvalue weighted by Crippen LogP contribution is 2.29. The van der Waals surface area contributed by atoms with E-state index in [9.17, 15) is 9.18 Å². The summed E-state index contributed by atoms with van der Waals surface area (Å²) in [5, 5.41) is 6.97. The molecule has 0 aliphatic heterocycles. The summed E-state index contributed by atoms with van der Waals surface area (Å²) in [5.41, 5.74) is 1.58. The van der Waals surface area contributed by atoms with E-state index in [1.54, 1.807) is 56.5 Å². The van der Waals surface area contributed by atoms with Gasteiger partial charge in [-0.05, 0) is 37.3 Å². The lowest BCUT2D eigenvalue weighted by molar-refractivity contribution is 0.102. The number of hydrogen-bond donors (Lipinski definition) is 1. The first-order valence-electron chi connectivity index (χ1n) is 7.88. The summed E-state index contributed by atoms with van der Waals surface area (Å²) in [7, 11) is 3.05. The topological polar surface area (TPSA) is 65.4 Å². The van der Waals surface area contributed by atoms with E-state index in [1.807, 2.05) is 0 Å². The number of aryl methyl sites for hydroxylation is 1. The third-order valence-corrected chi connectivity index (χ3v) is 3.86. The molecule has 0 bridgehead atoms. The number of halogens is 1. The van der Waals surface area contributed by atoms with Crippen molar-refractivity contribution in [1.29, 1.82) is 0 Å². The first-order chi connectivity index (χ1) is 12.5. The second-order valence-corrected chi connectivity index (χ2v) is 5.55. The number of methoxy groups -OCH3 is 2. The van der Waals surface area contributed by atoms with Gasteiger partial charge in [0.05, 0.1) is 19.9 Å². The van der Waals surface area contributed by atoms with Gasteiger partial charge in [-0.3, -0.25) is 4.79 Å². The lowest BCUT2D eigenvalue weighted by atomic mass is 10.2. The standard InChI is InChI=1S/C19H18FN3O3/c1-12-10-16(22-23(12)17-7-5-4-6-14(17)20)19(24)21-15-9-8-13(25-2)11-18(15)26-3/h4-11H,1-3H3,(H,21,24). The van der Waals surface area contributed by atoms with Crippen LogP contribution in [0.15, 0.2) is 48.5 Å². The van der Waals surface area contributed by atoms with Crippen LogP contribution in [0.5, 0.6) is 11.5 Å². The number of anilines is 1. The quantitative estimate of drug-likeness (QED) is 0.760.